The van der Waals surface area contributed by atoms with Crippen molar-refractivity contribution < 1.29 is 4.79 Å². The van der Waals surface area contributed by atoms with Gasteiger partial charge in [-0.25, -0.2) is 0 Å². The van der Waals surface area contributed by atoms with Crippen molar-refractivity contribution in [2.45, 2.75) is 206 Å². The van der Waals surface area contributed by atoms with Gasteiger partial charge in [-0.1, -0.05) is 173 Å². The van der Waals surface area contributed by atoms with E-state index in [0.717, 1.165) is 32.1 Å². The predicted molar refractivity (Wildman–Crippen MR) is 173 cm³/mol. The smallest absolute Gasteiger partial charge is 0.132 e. The summed E-state index contributed by atoms with van der Waals surface area (Å²) in [7, 11) is 0. The summed E-state index contributed by atoms with van der Waals surface area (Å²) in [6.07, 6.45) is 48.5. The van der Waals surface area contributed by atoms with Gasteiger partial charge in [-0.05, 0) is 44.9 Å². The highest BCUT2D eigenvalue weighted by Gasteiger charge is 2.02. The third-order valence-corrected chi connectivity index (χ3v) is 7.97. The van der Waals surface area contributed by atoms with Crippen LogP contribution in [0.15, 0.2) is 24.3 Å². The Bertz CT molecular complexity index is 503. The van der Waals surface area contributed by atoms with Gasteiger partial charge in [-0.3, -0.25) is 4.79 Å². The van der Waals surface area contributed by atoms with E-state index in [9.17, 15) is 4.79 Å². The van der Waals surface area contributed by atoms with E-state index in [4.69, 9.17) is 0 Å². The van der Waals surface area contributed by atoms with Gasteiger partial charge in [-0.15, -0.1) is 0 Å². The maximum Gasteiger partial charge on any atom is 0.132 e. The molecule has 0 aromatic heterocycles. The molecule has 0 saturated carbocycles. The van der Waals surface area contributed by atoms with Crippen molar-refractivity contribution in [1.29, 1.82) is 0 Å². The second kappa shape index (κ2) is 34.2. The molecular weight excluding hydrogens is 460 g/mol. The predicted octanol–water partition coefficient (Wildman–Crippen LogP) is 13.4. The monoisotopic (exact) mass is 531 g/mol. The van der Waals surface area contributed by atoms with Crippen molar-refractivity contribution in [3.05, 3.63) is 24.3 Å². The van der Waals surface area contributed by atoms with Gasteiger partial charge in [0, 0.05) is 12.8 Å². The summed E-state index contributed by atoms with van der Waals surface area (Å²) in [5.41, 5.74) is 0. The van der Waals surface area contributed by atoms with Gasteiger partial charge in [-0.2, -0.15) is 0 Å². The fourth-order valence-electron chi connectivity index (χ4n) is 5.31. The SMILES string of the molecule is CCCCC/C=C\C/C=C\CCCCCCCCC(=O)CCCCCCCCCCCCCCCCCC. The summed E-state index contributed by atoms with van der Waals surface area (Å²) < 4.78 is 0. The van der Waals surface area contributed by atoms with Gasteiger partial charge in [0.15, 0.2) is 0 Å². The van der Waals surface area contributed by atoms with Crippen molar-refractivity contribution in [1.82, 2.24) is 0 Å². The first kappa shape index (κ1) is 37.1. The minimum absolute atomic E-state index is 0.514. The number of carbonyl (C=O) groups is 1. The van der Waals surface area contributed by atoms with Crippen LogP contribution in [-0.4, -0.2) is 5.78 Å². The average molecular weight is 531 g/mol. The zero-order chi connectivity index (χ0) is 27.6. The molecular formula is C37H70O. The van der Waals surface area contributed by atoms with Gasteiger partial charge in [0.05, 0.1) is 0 Å². The van der Waals surface area contributed by atoms with Crippen LogP contribution in [0, 0.1) is 0 Å². The Morgan fingerprint density at radius 3 is 1.05 bits per heavy atom. The first-order chi connectivity index (χ1) is 18.8. The number of allylic oxidation sites excluding steroid dienone is 4. The number of rotatable bonds is 32. The van der Waals surface area contributed by atoms with Crippen LogP contribution in [0.4, 0.5) is 0 Å². The average Bonchev–Trinajstić information content (AvgIpc) is 2.92. The maximum atomic E-state index is 12.1. The molecule has 0 aliphatic heterocycles. The minimum Gasteiger partial charge on any atom is -0.300 e. The van der Waals surface area contributed by atoms with Crippen LogP contribution in [0.2, 0.25) is 0 Å². The molecule has 0 N–H and O–H groups in total. The van der Waals surface area contributed by atoms with E-state index in [1.807, 2.05) is 0 Å². The van der Waals surface area contributed by atoms with Crippen LogP contribution < -0.4 is 0 Å². The second-order valence-corrected chi connectivity index (χ2v) is 11.9. The molecule has 0 aliphatic carbocycles. The van der Waals surface area contributed by atoms with Crippen LogP contribution in [-0.2, 0) is 4.79 Å². The molecule has 1 nitrogen and oxygen atoms in total. The fraction of sp³-hybridized carbons (Fsp3) is 0.865. The zero-order valence-electron chi connectivity index (χ0n) is 26.4. The summed E-state index contributed by atoms with van der Waals surface area (Å²) in [5, 5.41) is 0. The molecule has 0 heterocycles. The Kier molecular flexibility index (Phi) is 33.4. The Hall–Kier alpha value is -0.850. The first-order valence-corrected chi connectivity index (χ1v) is 17.6. The molecule has 0 aromatic rings. The lowest BCUT2D eigenvalue weighted by Crippen LogP contribution is -1.97. The van der Waals surface area contributed by atoms with E-state index in [1.165, 1.54) is 161 Å². The maximum absolute atomic E-state index is 12.1. The van der Waals surface area contributed by atoms with Gasteiger partial charge in [0.25, 0.3) is 0 Å². The molecule has 0 atom stereocenters. The Morgan fingerprint density at radius 1 is 0.368 bits per heavy atom. The van der Waals surface area contributed by atoms with Crippen LogP contribution >= 0.6 is 0 Å². The standard InChI is InChI=1S/C37H70O/c1-3-5-7-9-11-13-15-17-19-21-23-25-27-29-31-33-35-37(38)36-34-32-30-28-26-24-22-20-18-16-14-12-10-8-6-4-2/h11,13,17,19H,3-10,12,14-16,18,20-36H2,1-2H3/b13-11-,19-17-. The molecule has 0 aromatic carbocycles. The number of Topliss-reactive ketones (excluding diaryl/α,β-unsaturated/α-hetero) is 1. The van der Waals surface area contributed by atoms with Gasteiger partial charge >= 0.3 is 0 Å². The molecule has 0 bridgehead atoms. The van der Waals surface area contributed by atoms with E-state index in [1.54, 1.807) is 0 Å². The first-order valence-electron chi connectivity index (χ1n) is 17.6. The summed E-state index contributed by atoms with van der Waals surface area (Å²) in [5.74, 6) is 0.514. The van der Waals surface area contributed by atoms with E-state index >= 15 is 0 Å². The van der Waals surface area contributed by atoms with Crippen LogP contribution in [0.5, 0.6) is 0 Å². The molecule has 1 heteroatoms. The molecule has 0 radical (unpaired) electrons. The number of ketones is 1. The van der Waals surface area contributed by atoms with Crippen molar-refractivity contribution in [2.75, 3.05) is 0 Å². The quantitative estimate of drug-likeness (QED) is 0.0624. The lowest BCUT2D eigenvalue weighted by Gasteiger charge is -2.04. The third kappa shape index (κ3) is 33.2. The van der Waals surface area contributed by atoms with Crippen molar-refractivity contribution in [2.24, 2.45) is 0 Å². The molecule has 0 unspecified atom stereocenters. The highest BCUT2D eigenvalue weighted by molar-refractivity contribution is 5.78. The minimum atomic E-state index is 0.514. The van der Waals surface area contributed by atoms with Crippen LogP contribution in [0.1, 0.15) is 206 Å². The van der Waals surface area contributed by atoms with Crippen molar-refractivity contribution in [3.8, 4) is 0 Å². The van der Waals surface area contributed by atoms with E-state index in [2.05, 4.69) is 38.2 Å². The van der Waals surface area contributed by atoms with Crippen LogP contribution in [0.25, 0.3) is 0 Å². The fourth-order valence-corrected chi connectivity index (χ4v) is 5.31. The Labute approximate surface area is 241 Å². The molecule has 0 saturated heterocycles. The van der Waals surface area contributed by atoms with Gasteiger partial charge in [0.2, 0.25) is 0 Å². The summed E-state index contributed by atoms with van der Waals surface area (Å²) in [6.45, 7) is 4.55. The van der Waals surface area contributed by atoms with Crippen molar-refractivity contribution >= 4 is 5.78 Å². The molecule has 38 heavy (non-hydrogen) atoms. The molecule has 224 valence electrons. The molecule has 0 spiro atoms. The molecule has 0 rings (SSSR count). The lowest BCUT2D eigenvalue weighted by atomic mass is 10.0. The van der Waals surface area contributed by atoms with E-state index in [-0.39, 0.29) is 0 Å². The number of hydrogen-bond acceptors (Lipinski definition) is 1. The summed E-state index contributed by atoms with van der Waals surface area (Å²) in [4.78, 5) is 12.1. The van der Waals surface area contributed by atoms with Crippen molar-refractivity contribution in [3.63, 3.8) is 0 Å². The normalized spacial score (nSPS) is 11.8. The van der Waals surface area contributed by atoms with Gasteiger partial charge < -0.3 is 0 Å². The zero-order valence-corrected chi connectivity index (χ0v) is 26.4. The Balaban J connectivity index is 3.21. The number of unbranched alkanes of at least 4 members (excludes halogenated alkanes) is 24. The van der Waals surface area contributed by atoms with E-state index in [0.29, 0.717) is 5.78 Å². The highest BCUT2D eigenvalue weighted by atomic mass is 16.1. The summed E-state index contributed by atoms with van der Waals surface area (Å²) in [6, 6.07) is 0. The van der Waals surface area contributed by atoms with Gasteiger partial charge in [0.1, 0.15) is 5.78 Å². The Morgan fingerprint density at radius 2 is 0.658 bits per heavy atom. The largest absolute Gasteiger partial charge is 0.300 e. The molecule has 0 fully saturated rings. The van der Waals surface area contributed by atoms with Crippen LogP contribution in [0.3, 0.4) is 0 Å². The third-order valence-electron chi connectivity index (χ3n) is 7.97. The number of hydrogen-bond donors (Lipinski definition) is 0. The highest BCUT2D eigenvalue weighted by Crippen LogP contribution is 2.15. The lowest BCUT2D eigenvalue weighted by molar-refractivity contribution is -0.119. The topological polar surface area (TPSA) is 17.1 Å². The van der Waals surface area contributed by atoms with E-state index < -0.39 is 0 Å². The molecule has 0 amide bonds. The molecule has 0 aliphatic rings. The summed E-state index contributed by atoms with van der Waals surface area (Å²) >= 11 is 0. The second-order valence-electron chi connectivity index (χ2n) is 11.9. The number of carbonyl (C=O) groups excluding carboxylic acids is 1.